The standard InChI is InChI=1S/C17H19BrFNO/c1-3-10-20-17(12-6-4-7-13(11-12)21-2)14-8-5-9-15(19)16(14)18/h4-9,11,17,20H,3,10H2,1-2H3. The smallest absolute Gasteiger partial charge is 0.137 e. The van der Waals surface area contributed by atoms with E-state index in [-0.39, 0.29) is 11.9 Å². The minimum Gasteiger partial charge on any atom is -0.497 e. The molecule has 0 aliphatic carbocycles. The molecular weight excluding hydrogens is 333 g/mol. The highest BCUT2D eigenvalue weighted by molar-refractivity contribution is 9.10. The normalized spacial score (nSPS) is 12.2. The van der Waals surface area contributed by atoms with Crippen molar-refractivity contribution in [1.29, 1.82) is 0 Å². The quantitative estimate of drug-likeness (QED) is 0.815. The molecule has 0 radical (unpaired) electrons. The lowest BCUT2D eigenvalue weighted by molar-refractivity contribution is 0.413. The molecule has 4 heteroatoms. The van der Waals surface area contributed by atoms with E-state index in [9.17, 15) is 4.39 Å². The van der Waals surface area contributed by atoms with Crippen molar-refractivity contribution in [3.05, 3.63) is 63.9 Å². The Kier molecular flexibility index (Phi) is 5.76. The van der Waals surface area contributed by atoms with Crippen LogP contribution < -0.4 is 10.1 Å². The lowest BCUT2D eigenvalue weighted by Gasteiger charge is -2.21. The molecule has 1 atom stereocenters. The molecule has 2 aromatic carbocycles. The van der Waals surface area contributed by atoms with Crippen molar-refractivity contribution in [2.75, 3.05) is 13.7 Å². The Bertz CT molecular complexity index is 603. The fraction of sp³-hybridized carbons (Fsp3) is 0.294. The van der Waals surface area contributed by atoms with E-state index in [0.29, 0.717) is 4.47 Å². The molecule has 0 aromatic heterocycles. The Morgan fingerprint density at radius 3 is 2.71 bits per heavy atom. The highest BCUT2D eigenvalue weighted by Gasteiger charge is 2.18. The SMILES string of the molecule is CCCNC(c1cccc(OC)c1)c1cccc(F)c1Br. The number of halogens is 2. The second kappa shape index (κ2) is 7.57. The van der Waals surface area contributed by atoms with Gasteiger partial charge in [-0.1, -0.05) is 31.2 Å². The lowest BCUT2D eigenvalue weighted by Crippen LogP contribution is -2.23. The van der Waals surface area contributed by atoms with E-state index >= 15 is 0 Å². The van der Waals surface area contributed by atoms with Gasteiger partial charge in [0.25, 0.3) is 0 Å². The van der Waals surface area contributed by atoms with Crippen molar-refractivity contribution in [2.45, 2.75) is 19.4 Å². The van der Waals surface area contributed by atoms with Crippen molar-refractivity contribution in [2.24, 2.45) is 0 Å². The highest BCUT2D eigenvalue weighted by atomic mass is 79.9. The third-order valence-corrected chi connectivity index (χ3v) is 4.15. The fourth-order valence-electron chi connectivity index (χ4n) is 2.26. The average Bonchev–Trinajstić information content (AvgIpc) is 2.52. The maximum Gasteiger partial charge on any atom is 0.137 e. The number of nitrogens with one attached hydrogen (secondary N) is 1. The number of hydrogen-bond acceptors (Lipinski definition) is 2. The van der Waals surface area contributed by atoms with Gasteiger partial charge in [-0.15, -0.1) is 0 Å². The Morgan fingerprint density at radius 2 is 2.00 bits per heavy atom. The predicted octanol–water partition coefficient (Wildman–Crippen LogP) is 4.69. The number of hydrogen-bond donors (Lipinski definition) is 1. The van der Waals surface area contributed by atoms with Crippen molar-refractivity contribution in [3.63, 3.8) is 0 Å². The topological polar surface area (TPSA) is 21.3 Å². The summed E-state index contributed by atoms with van der Waals surface area (Å²) in [6, 6.07) is 12.9. The van der Waals surface area contributed by atoms with E-state index in [1.54, 1.807) is 13.2 Å². The minimum absolute atomic E-state index is 0.0786. The first-order valence-corrected chi connectivity index (χ1v) is 7.78. The van der Waals surface area contributed by atoms with Gasteiger partial charge in [0.15, 0.2) is 0 Å². The third-order valence-electron chi connectivity index (χ3n) is 3.32. The summed E-state index contributed by atoms with van der Waals surface area (Å²) >= 11 is 3.36. The van der Waals surface area contributed by atoms with E-state index in [4.69, 9.17) is 4.74 Å². The summed E-state index contributed by atoms with van der Waals surface area (Å²) in [5.74, 6) is 0.544. The fourth-order valence-corrected chi connectivity index (χ4v) is 2.75. The second-order valence-corrected chi connectivity index (χ2v) is 5.60. The zero-order valence-electron chi connectivity index (χ0n) is 12.2. The molecule has 112 valence electrons. The van der Waals surface area contributed by atoms with E-state index in [2.05, 4.69) is 28.2 Å². The van der Waals surface area contributed by atoms with Crippen LogP contribution in [0.1, 0.15) is 30.5 Å². The van der Waals surface area contributed by atoms with Gasteiger partial charge in [-0.25, -0.2) is 4.39 Å². The van der Waals surface area contributed by atoms with Gasteiger partial charge in [0, 0.05) is 0 Å². The summed E-state index contributed by atoms with van der Waals surface area (Å²) in [4.78, 5) is 0. The molecule has 0 saturated carbocycles. The van der Waals surface area contributed by atoms with Gasteiger partial charge in [-0.3, -0.25) is 0 Å². The molecule has 1 N–H and O–H groups in total. The van der Waals surface area contributed by atoms with Crippen LogP contribution in [-0.4, -0.2) is 13.7 Å². The number of benzene rings is 2. The van der Waals surface area contributed by atoms with Crippen LogP contribution in [0.25, 0.3) is 0 Å². The molecule has 0 saturated heterocycles. The molecule has 2 aromatic rings. The largest absolute Gasteiger partial charge is 0.497 e. The summed E-state index contributed by atoms with van der Waals surface area (Å²) < 4.78 is 19.6. The van der Waals surface area contributed by atoms with Gasteiger partial charge < -0.3 is 10.1 Å². The zero-order valence-corrected chi connectivity index (χ0v) is 13.8. The maximum absolute atomic E-state index is 13.8. The lowest BCUT2D eigenvalue weighted by atomic mass is 9.98. The van der Waals surface area contributed by atoms with Crippen LogP contribution in [0.3, 0.4) is 0 Å². The Morgan fingerprint density at radius 1 is 1.24 bits per heavy atom. The van der Waals surface area contributed by atoms with E-state index in [1.165, 1.54) is 6.07 Å². The summed E-state index contributed by atoms with van der Waals surface area (Å²) in [6.45, 7) is 2.96. The maximum atomic E-state index is 13.8. The van der Waals surface area contributed by atoms with Crippen LogP contribution >= 0.6 is 15.9 Å². The molecule has 1 unspecified atom stereocenters. The summed E-state index contributed by atoms with van der Waals surface area (Å²) in [7, 11) is 1.64. The minimum atomic E-state index is -0.251. The second-order valence-electron chi connectivity index (χ2n) is 4.81. The van der Waals surface area contributed by atoms with Crippen LogP contribution in [-0.2, 0) is 0 Å². The van der Waals surface area contributed by atoms with Gasteiger partial charge in [0.2, 0.25) is 0 Å². The van der Waals surface area contributed by atoms with Gasteiger partial charge in [0.1, 0.15) is 11.6 Å². The van der Waals surface area contributed by atoms with Gasteiger partial charge in [0.05, 0.1) is 17.6 Å². The first-order valence-electron chi connectivity index (χ1n) is 6.98. The molecule has 0 aliphatic rings. The predicted molar refractivity (Wildman–Crippen MR) is 87.2 cm³/mol. The van der Waals surface area contributed by atoms with Gasteiger partial charge >= 0.3 is 0 Å². The zero-order chi connectivity index (χ0) is 15.2. The summed E-state index contributed by atoms with van der Waals surface area (Å²) in [5, 5.41) is 3.47. The molecule has 0 fully saturated rings. The third kappa shape index (κ3) is 3.83. The molecule has 0 spiro atoms. The molecule has 0 heterocycles. The van der Waals surface area contributed by atoms with Crippen molar-refractivity contribution >= 4 is 15.9 Å². The van der Waals surface area contributed by atoms with Crippen molar-refractivity contribution < 1.29 is 9.13 Å². The molecule has 21 heavy (non-hydrogen) atoms. The van der Waals surface area contributed by atoms with E-state index < -0.39 is 0 Å². The first-order chi connectivity index (χ1) is 10.2. The van der Waals surface area contributed by atoms with Crippen LogP contribution in [0.15, 0.2) is 46.9 Å². The van der Waals surface area contributed by atoms with Crippen LogP contribution in [0.2, 0.25) is 0 Å². The molecular formula is C17H19BrFNO. The van der Waals surface area contributed by atoms with E-state index in [1.807, 2.05) is 30.3 Å². The number of methoxy groups -OCH3 is 1. The van der Waals surface area contributed by atoms with Crippen LogP contribution in [0.4, 0.5) is 4.39 Å². The Hall–Kier alpha value is -1.39. The summed E-state index contributed by atoms with van der Waals surface area (Å²) in [6.07, 6.45) is 1.01. The summed E-state index contributed by atoms with van der Waals surface area (Å²) in [5.41, 5.74) is 1.94. The van der Waals surface area contributed by atoms with Crippen molar-refractivity contribution in [1.82, 2.24) is 5.32 Å². The number of rotatable bonds is 6. The molecule has 0 aliphatic heterocycles. The monoisotopic (exact) mass is 351 g/mol. The van der Waals surface area contributed by atoms with Crippen LogP contribution in [0, 0.1) is 5.82 Å². The molecule has 2 nitrogen and oxygen atoms in total. The Labute approximate surface area is 133 Å². The Balaban J connectivity index is 2.44. The first kappa shape index (κ1) is 16.0. The van der Waals surface area contributed by atoms with Gasteiger partial charge in [-0.2, -0.15) is 0 Å². The van der Waals surface area contributed by atoms with Crippen LogP contribution in [0.5, 0.6) is 5.75 Å². The molecule has 2 rings (SSSR count). The van der Waals surface area contributed by atoms with Gasteiger partial charge in [-0.05, 0) is 58.2 Å². The van der Waals surface area contributed by atoms with E-state index in [0.717, 1.165) is 29.8 Å². The highest BCUT2D eigenvalue weighted by Crippen LogP contribution is 2.31. The van der Waals surface area contributed by atoms with Crippen molar-refractivity contribution in [3.8, 4) is 5.75 Å². The number of ether oxygens (including phenoxy) is 1. The molecule has 0 amide bonds. The molecule has 0 bridgehead atoms. The average molecular weight is 352 g/mol.